The molecule has 0 aromatic heterocycles. The van der Waals surface area contributed by atoms with E-state index in [1.807, 2.05) is 0 Å². The molecule has 2 aromatic carbocycles. The predicted molar refractivity (Wildman–Crippen MR) is 97.5 cm³/mol. The number of piperidine rings is 1. The Morgan fingerprint density at radius 1 is 1.04 bits per heavy atom. The molecule has 3 heteroatoms. The highest BCUT2D eigenvalue weighted by atomic mass is 16.5. The van der Waals surface area contributed by atoms with Crippen LogP contribution in [0.4, 0.5) is 0 Å². The Morgan fingerprint density at radius 3 is 2.67 bits per heavy atom. The van der Waals surface area contributed by atoms with Gasteiger partial charge in [-0.15, -0.1) is 0 Å². The van der Waals surface area contributed by atoms with E-state index >= 15 is 0 Å². The fraction of sp³-hybridized carbons (Fsp3) is 0.429. The second-order valence-electron chi connectivity index (χ2n) is 7.08. The Labute approximate surface area is 144 Å². The Balaban J connectivity index is 1.63. The SMILES string of the molecule is COc1ccccc1[C@@H]1CN[C@]2(CCCNC2c2ccccc2)C1. The first-order chi connectivity index (χ1) is 11.8. The molecule has 3 nitrogen and oxygen atoms in total. The van der Waals surface area contributed by atoms with Crippen LogP contribution in [0.3, 0.4) is 0 Å². The summed E-state index contributed by atoms with van der Waals surface area (Å²) in [6.45, 7) is 2.12. The summed E-state index contributed by atoms with van der Waals surface area (Å²) < 4.78 is 5.60. The lowest BCUT2D eigenvalue weighted by molar-refractivity contribution is 0.202. The van der Waals surface area contributed by atoms with Crippen molar-refractivity contribution in [2.24, 2.45) is 0 Å². The number of hydrogen-bond acceptors (Lipinski definition) is 3. The Morgan fingerprint density at radius 2 is 1.83 bits per heavy atom. The van der Waals surface area contributed by atoms with Crippen LogP contribution in [-0.4, -0.2) is 25.7 Å². The maximum Gasteiger partial charge on any atom is 0.122 e. The van der Waals surface area contributed by atoms with Crippen LogP contribution in [0, 0.1) is 0 Å². The molecule has 1 unspecified atom stereocenters. The molecule has 3 atom stereocenters. The van der Waals surface area contributed by atoms with Gasteiger partial charge in [-0.25, -0.2) is 0 Å². The Kier molecular flexibility index (Phi) is 4.30. The molecule has 0 bridgehead atoms. The summed E-state index contributed by atoms with van der Waals surface area (Å²) in [7, 11) is 1.77. The quantitative estimate of drug-likeness (QED) is 0.905. The first kappa shape index (κ1) is 15.7. The van der Waals surface area contributed by atoms with E-state index < -0.39 is 0 Å². The molecule has 1 spiro atoms. The standard InChI is InChI=1S/C21H26N2O/c1-24-19-11-6-5-10-18(19)17-14-21(23-15-17)12-7-13-22-20(21)16-8-3-2-4-9-16/h2-6,8-11,17,20,22-23H,7,12-15H2,1H3/t17-,20?,21+/m0/s1. The van der Waals surface area contributed by atoms with Gasteiger partial charge in [-0.05, 0) is 43.0 Å². The van der Waals surface area contributed by atoms with Crippen LogP contribution in [0.15, 0.2) is 54.6 Å². The lowest BCUT2D eigenvalue weighted by Crippen LogP contribution is -2.54. The molecule has 2 aromatic rings. The molecule has 0 aliphatic carbocycles. The highest BCUT2D eigenvalue weighted by Gasteiger charge is 2.47. The van der Waals surface area contributed by atoms with Crippen LogP contribution in [-0.2, 0) is 0 Å². The first-order valence-electron chi connectivity index (χ1n) is 8.99. The summed E-state index contributed by atoms with van der Waals surface area (Å²) >= 11 is 0. The van der Waals surface area contributed by atoms with Crippen molar-refractivity contribution >= 4 is 0 Å². The third-order valence-corrected chi connectivity index (χ3v) is 5.72. The van der Waals surface area contributed by atoms with E-state index in [-0.39, 0.29) is 5.54 Å². The molecule has 2 aliphatic rings. The van der Waals surface area contributed by atoms with Gasteiger partial charge < -0.3 is 15.4 Å². The number of nitrogens with one attached hydrogen (secondary N) is 2. The second kappa shape index (κ2) is 6.58. The number of ether oxygens (including phenoxy) is 1. The molecule has 2 N–H and O–H groups in total. The van der Waals surface area contributed by atoms with Crippen LogP contribution < -0.4 is 15.4 Å². The van der Waals surface area contributed by atoms with Gasteiger partial charge in [0.05, 0.1) is 13.2 Å². The van der Waals surface area contributed by atoms with Gasteiger partial charge in [-0.1, -0.05) is 48.5 Å². The minimum atomic E-state index is 0.144. The molecule has 0 radical (unpaired) electrons. The van der Waals surface area contributed by atoms with E-state index in [0.29, 0.717) is 12.0 Å². The van der Waals surface area contributed by atoms with Gasteiger partial charge in [0.2, 0.25) is 0 Å². The number of benzene rings is 2. The molecular weight excluding hydrogens is 296 g/mol. The van der Waals surface area contributed by atoms with Crippen molar-refractivity contribution in [3.63, 3.8) is 0 Å². The van der Waals surface area contributed by atoms with Crippen molar-refractivity contribution in [1.29, 1.82) is 0 Å². The molecule has 24 heavy (non-hydrogen) atoms. The lowest BCUT2D eigenvalue weighted by Gasteiger charge is -2.43. The molecule has 126 valence electrons. The summed E-state index contributed by atoms with van der Waals surface area (Å²) in [5.41, 5.74) is 2.87. The van der Waals surface area contributed by atoms with E-state index in [1.165, 1.54) is 24.0 Å². The van der Waals surface area contributed by atoms with Crippen molar-refractivity contribution in [2.45, 2.75) is 36.8 Å². The summed E-state index contributed by atoms with van der Waals surface area (Å²) in [5, 5.41) is 7.68. The van der Waals surface area contributed by atoms with Gasteiger partial charge in [0.25, 0.3) is 0 Å². The van der Waals surface area contributed by atoms with Crippen LogP contribution in [0.1, 0.15) is 42.3 Å². The normalized spacial score (nSPS) is 29.7. The van der Waals surface area contributed by atoms with Crippen molar-refractivity contribution in [2.75, 3.05) is 20.2 Å². The molecule has 2 fully saturated rings. The van der Waals surface area contributed by atoms with E-state index in [2.05, 4.69) is 65.2 Å². The van der Waals surface area contributed by atoms with Crippen molar-refractivity contribution in [3.8, 4) is 5.75 Å². The van der Waals surface area contributed by atoms with Crippen LogP contribution >= 0.6 is 0 Å². The Hall–Kier alpha value is -1.84. The summed E-state index contributed by atoms with van der Waals surface area (Å²) in [5.74, 6) is 1.52. The van der Waals surface area contributed by atoms with Crippen molar-refractivity contribution in [1.82, 2.24) is 10.6 Å². The second-order valence-corrected chi connectivity index (χ2v) is 7.08. The smallest absolute Gasteiger partial charge is 0.122 e. The zero-order valence-electron chi connectivity index (χ0n) is 14.3. The average Bonchev–Trinajstić information content (AvgIpc) is 3.07. The average molecular weight is 322 g/mol. The van der Waals surface area contributed by atoms with E-state index in [1.54, 1.807) is 7.11 Å². The number of hydrogen-bond donors (Lipinski definition) is 2. The minimum absolute atomic E-state index is 0.144. The third kappa shape index (κ3) is 2.72. The fourth-order valence-electron chi connectivity index (χ4n) is 4.62. The topological polar surface area (TPSA) is 33.3 Å². The zero-order chi connectivity index (χ0) is 16.4. The number of methoxy groups -OCH3 is 1. The van der Waals surface area contributed by atoms with Gasteiger partial charge in [-0.2, -0.15) is 0 Å². The monoisotopic (exact) mass is 322 g/mol. The fourth-order valence-corrected chi connectivity index (χ4v) is 4.62. The molecule has 2 heterocycles. The van der Waals surface area contributed by atoms with E-state index in [0.717, 1.165) is 25.3 Å². The molecule has 2 aliphatic heterocycles. The van der Waals surface area contributed by atoms with Gasteiger partial charge in [-0.3, -0.25) is 0 Å². The van der Waals surface area contributed by atoms with Gasteiger partial charge >= 0.3 is 0 Å². The highest BCUT2D eigenvalue weighted by molar-refractivity contribution is 5.38. The molecule has 0 amide bonds. The zero-order valence-corrected chi connectivity index (χ0v) is 14.3. The summed E-state index contributed by atoms with van der Waals surface area (Å²) in [6.07, 6.45) is 3.61. The van der Waals surface area contributed by atoms with Gasteiger partial charge in [0, 0.05) is 18.0 Å². The predicted octanol–water partition coefficient (Wildman–Crippen LogP) is 3.64. The molecule has 4 rings (SSSR count). The molecule has 0 saturated carbocycles. The maximum atomic E-state index is 5.60. The molecule has 2 saturated heterocycles. The minimum Gasteiger partial charge on any atom is -0.496 e. The van der Waals surface area contributed by atoms with Gasteiger partial charge in [0.15, 0.2) is 0 Å². The van der Waals surface area contributed by atoms with Crippen molar-refractivity contribution in [3.05, 3.63) is 65.7 Å². The van der Waals surface area contributed by atoms with Crippen LogP contribution in [0.5, 0.6) is 5.75 Å². The van der Waals surface area contributed by atoms with Gasteiger partial charge in [0.1, 0.15) is 5.75 Å². The van der Waals surface area contributed by atoms with E-state index in [9.17, 15) is 0 Å². The van der Waals surface area contributed by atoms with Crippen LogP contribution in [0.2, 0.25) is 0 Å². The first-order valence-corrected chi connectivity index (χ1v) is 8.99. The van der Waals surface area contributed by atoms with Crippen LogP contribution in [0.25, 0.3) is 0 Å². The summed E-state index contributed by atoms with van der Waals surface area (Å²) in [4.78, 5) is 0. The number of para-hydroxylation sites is 1. The highest BCUT2D eigenvalue weighted by Crippen LogP contribution is 2.45. The van der Waals surface area contributed by atoms with Crippen molar-refractivity contribution < 1.29 is 4.74 Å². The third-order valence-electron chi connectivity index (χ3n) is 5.72. The maximum absolute atomic E-state index is 5.60. The summed E-state index contributed by atoms with van der Waals surface area (Å²) in [6, 6.07) is 19.7. The van der Waals surface area contributed by atoms with E-state index in [4.69, 9.17) is 4.74 Å². The number of rotatable bonds is 3. The molecular formula is C21H26N2O. The lowest BCUT2D eigenvalue weighted by atomic mass is 9.75. The Bertz CT molecular complexity index is 687. The largest absolute Gasteiger partial charge is 0.496 e.